The molecule has 194 valence electrons. The van der Waals surface area contributed by atoms with Crippen molar-refractivity contribution >= 4 is 72.1 Å². The number of ether oxygens (including phenoxy) is 1. The molecule has 4 rings (SSSR count). The number of carbonyl (C=O) groups is 1. The number of sulfonamides is 1. The van der Waals surface area contributed by atoms with E-state index in [2.05, 4.69) is 20.0 Å². The minimum Gasteiger partial charge on any atom is -0.497 e. The van der Waals surface area contributed by atoms with E-state index in [1.54, 1.807) is 38.3 Å². The summed E-state index contributed by atoms with van der Waals surface area (Å²) in [7, 11) is -2.38. The number of rotatable bonds is 9. The molecule has 2 aromatic heterocycles. The van der Waals surface area contributed by atoms with Crippen LogP contribution in [-0.2, 0) is 16.4 Å². The van der Waals surface area contributed by atoms with E-state index in [-0.39, 0.29) is 33.5 Å². The van der Waals surface area contributed by atoms with Gasteiger partial charge in [0.1, 0.15) is 23.0 Å². The number of thiophene rings is 1. The van der Waals surface area contributed by atoms with Crippen LogP contribution in [0, 0.1) is 5.82 Å². The first-order valence-electron chi connectivity index (χ1n) is 11.0. The van der Waals surface area contributed by atoms with E-state index in [4.69, 9.17) is 27.9 Å². The molecule has 0 aliphatic heterocycles. The lowest BCUT2D eigenvalue weighted by molar-refractivity contribution is 0.102. The maximum absolute atomic E-state index is 14.7. The zero-order chi connectivity index (χ0) is 26.7. The van der Waals surface area contributed by atoms with Gasteiger partial charge in [-0.3, -0.25) is 9.52 Å². The van der Waals surface area contributed by atoms with E-state index >= 15 is 0 Å². The van der Waals surface area contributed by atoms with E-state index in [0.717, 1.165) is 23.0 Å². The highest BCUT2D eigenvalue weighted by molar-refractivity contribution is 7.93. The van der Waals surface area contributed by atoms with Crippen LogP contribution in [0.2, 0.25) is 10.2 Å². The molecule has 1 unspecified atom stereocenters. The van der Waals surface area contributed by atoms with Gasteiger partial charge in [-0.1, -0.05) is 42.3 Å². The van der Waals surface area contributed by atoms with Crippen molar-refractivity contribution in [2.45, 2.75) is 25.0 Å². The van der Waals surface area contributed by atoms with Crippen molar-refractivity contribution in [2.24, 2.45) is 0 Å². The van der Waals surface area contributed by atoms with Gasteiger partial charge in [0, 0.05) is 5.38 Å². The molecule has 0 radical (unpaired) electrons. The molecule has 0 aliphatic carbocycles. The summed E-state index contributed by atoms with van der Waals surface area (Å²) >= 11 is 13.6. The third-order valence-electron chi connectivity index (χ3n) is 5.65. The van der Waals surface area contributed by atoms with Crippen LogP contribution >= 0.6 is 34.5 Å². The Morgan fingerprint density at radius 3 is 2.57 bits per heavy atom. The van der Waals surface area contributed by atoms with E-state index in [0.29, 0.717) is 22.4 Å². The molecule has 4 aromatic rings. The highest BCUT2D eigenvalue weighted by Gasteiger charge is 2.27. The van der Waals surface area contributed by atoms with Crippen molar-refractivity contribution in [3.63, 3.8) is 0 Å². The van der Waals surface area contributed by atoms with E-state index < -0.39 is 27.0 Å². The average Bonchev–Trinajstić information content (AvgIpc) is 3.32. The molecule has 1 amide bonds. The van der Waals surface area contributed by atoms with Gasteiger partial charge in [0.15, 0.2) is 0 Å². The minimum atomic E-state index is -3.93. The van der Waals surface area contributed by atoms with Crippen LogP contribution in [0.15, 0.2) is 48.1 Å². The first kappa shape index (κ1) is 27.1. The average molecular weight is 583 g/mol. The molecule has 2 N–H and O–H groups in total. The smallest absolute Gasteiger partial charge is 0.258 e. The normalized spacial score (nSPS) is 12.4. The molecule has 13 heteroatoms. The van der Waals surface area contributed by atoms with Crippen LogP contribution in [0.1, 0.15) is 29.3 Å². The summed E-state index contributed by atoms with van der Waals surface area (Å²) in [6.07, 6.45) is 1.78. The summed E-state index contributed by atoms with van der Waals surface area (Å²) in [6, 6.07) is 9.32. The molecular weight excluding hydrogens is 562 g/mol. The lowest BCUT2D eigenvalue weighted by Crippen LogP contribution is -2.29. The first-order valence-corrected chi connectivity index (χ1v) is 14.1. The lowest BCUT2D eigenvalue weighted by Gasteiger charge is -2.19. The number of methoxy groups -OCH3 is 1. The maximum Gasteiger partial charge on any atom is 0.258 e. The fraction of sp³-hybridized carbons (Fsp3) is 0.208. The highest BCUT2D eigenvalue weighted by atomic mass is 35.5. The molecule has 0 fully saturated rings. The fourth-order valence-corrected chi connectivity index (χ4v) is 6.59. The Morgan fingerprint density at radius 2 is 1.89 bits per heavy atom. The van der Waals surface area contributed by atoms with Crippen molar-refractivity contribution in [1.82, 2.24) is 9.97 Å². The summed E-state index contributed by atoms with van der Waals surface area (Å²) < 4.78 is 49.2. The second kappa shape index (κ2) is 11.2. The van der Waals surface area contributed by atoms with Crippen molar-refractivity contribution < 1.29 is 22.3 Å². The molecule has 0 saturated carbocycles. The Morgan fingerprint density at radius 1 is 1.16 bits per heavy atom. The number of amides is 1. The molecule has 0 spiro atoms. The largest absolute Gasteiger partial charge is 0.497 e. The van der Waals surface area contributed by atoms with Gasteiger partial charge in [0.25, 0.3) is 5.91 Å². The molecule has 0 bridgehead atoms. The molecule has 1 atom stereocenters. The van der Waals surface area contributed by atoms with Crippen molar-refractivity contribution in [3.05, 3.63) is 75.2 Å². The number of hydrogen-bond donors (Lipinski definition) is 2. The van der Waals surface area contributed by atoms with E-state index in [9.17, 15) is 17.6 Å². The Bertz CT molecular complexity index is 1560. The Hall–Kier alpha value is -2.99. The van der Waals surface area contributed by atoms with Crippen molar-refractivity contribution in [2.75, 3.05) is 17.1 Å². The fourth-order valence-electron chi connectivity index (χ4n) is 3.64. The summed E-state index contributed by atoms with van der Waals surface area (Å²) in [5, 5.41) is 3.05. The predicted molar refractivity (Wildman–Crippen MR) is 145 cm³/mol. The van der Waals surface area contributed by atoms with Gasteiger partial charge in [0.05, 0.1) is 44.5 Å². The minimum absolute atomic E-state index is 0.0629. The number of carbonyl (C=O) groups excluding carboxylic acids is 1. The van der Waals surface area contributed by atoms with Crippen molar-refractivity contribution in [1.29, 1.82) is 0 Å². The number of benzene rings is 2. The van der Waals surface area contributed by atoms with Crippen LogP contribution in [0.25, 0.3) is 10.2 Å². The molecule has 2 aromatic carbocycles. The number of fused-ring (bicyclic) bond motifs is 1. The lowest BCUT2D eigenvalue weighted by atomic mass is 10.1. The van der Waals surface area contributed by atoms with Crippen LogP contribution in [0.3, 0.4) is 0 Å². The SMILES string of the molecule is CCC(Cc1ccc(OC)cc1)S(=O)(=O)Nc1ccc(F)c(NC(=O)c2csc3c(Cl)ncnc23)c1Cl. The maximum atomic E-state index is 14.7. The Labute approximate surface area is 226 Å². The number of nitrogens with zero attached hydrogens (tertiary/aromatic N) is 2. The van der Waals surface area contributed by atoms with Gasteiger partial charge < -0.3 is 10.1 Å². The zero-order valence-corrected chi connectivity index (χ0v) is 22.7. The van der Waals surface area contributed by atoms with Crippen LogP contribution < -0.4 is 14.8 Å². The number of anilines is 2. The quantitative estimate of drug-likeness (QED) is 0.229. The molecule has 8 nitrogen and oxygen atoms in total. The number of halogens is 3. The highest BCUT2D eigenvalue weighted by Crippen LogP contribution is 2.35. The molecule has 0 saturated heterocycles. The number of aromatic nitrogens is 2. The molecule has 37 heavy (non-hydrogen) atoms. The standard InChI is InChI=1S/C24H21Cl2FN4O4S2/c1-3-15(10-13-4-6-14(35-2)7-5-13)37(33,34)31-18-9-8-17(27)21(19(18)25)30-24(32)16-11-36-22-20(16)28-12-29-23(22)26/h4-9,11-12,15,31H,3,10H2,1-2H3,(H,30,32). The second-order valence-corrected chi connectivity index (χ2v) is 11.5. The molecule has 0 aliphatic rings. The van der Waals surface area contributed by atoms with Gasteiger partial charge in [-0.05, 0) is 42.7 Å². The summed E-state index contributed by atoms with van der Waals surface area (Å²) in [5.74, 6) is -0.858. The predicted octanol–water partition coefficient (Wildman–Crippen LogP) is 6.16. The van der Waals surface area contributed by atoms with Crippen LogP contribution in [0.4, 0.5) is 15.8 Å². The van der Waals surface area contributed by atoms with Crippen LogP contribution in [0.5, 0.6) is 5.75 Å². The van der Waals surface area contributed by atoms with Gasteiger partial charge in [-0.25, -0.2) is 22.8 Å². The van der Waals surface area contributed by atoms with E-state index in [1.807, 2.05) is 0 Å². The summed E-state index contributed by atoms with van der Waals surface area (Å²) in [5.41, 5.74) is 0.834. The zero-order valence-electron chi connectivity index (χ0n) is 19.6. The molecule has 2 heterocycles. The summed E-state index contributed by atoms with van der Waals surface area (Å²) in [4.78, 5) is 20.9. The number of nitrogens with one attached hydrogen (secondary N) is 2. The van der Waals surface area contributed by atoms with Gasteiger partial charge in [-0.2, -0.15) is 0 Å². The third kappa shape index (κ3) is 5.80. The van der Waals surface area contributed by atoms with Gasteiger partial charge in [0.2, 0.25) is 10.0 Å². The summed E-state index contributed by atoms with van der Waals surface area (Å²) in [6.45, 7) is 1.76. The third-order valence-corrected chi connectivity index (χ3v) is 9.30. The van der Waals surface area contributed by atoms with E-state index in [1.165, 1.54) is 17.8 Å². The number of hydrogen-bond acceptors (Lipinski definition) is 7. The first-order chi connectivity index (χ1) is 17.6. The van der Waals surface area contributed by atoms with Crippen LogP contribution in [-0.4, -0.2) is 36.7 Å². The topological polar surface area (TPSA) is 110 Å². The second-order valence-electron chi connectivity index (χ2n) is 7.96. The van der Waals surface area contributed by atoms with Crippen molar-refractivity contribution in [3.8, 4) is 5.75 Å². The monoisotopic (exact) mass is 582 g/mol. The van der Waals surface area contributed by atoms with Gasteiger partial charge >= 0.3 is 0 Å². The van der Waals surface area contributed by atoms with Gasteiger partial charge in [-0.15, -0.1) is 11.3 Å². The Kier molecular flexibility index (Phi) is 8.17. The molecular formula is C24H21Cl2FN4O4S2. The Balaban J connectivity index is 1.57.